The zero-order chi connectivity index (χ0) is 15.4. The average molecular weight is 331 g/mol. The van der Waals surface area contributed by atoms with E-state index in [1.165, 1.54) is 0 Å². The molecule has 0 amide bonds. The summed E-state index contributed by atoms with van der Waals surface area (Å²) in [5, 5.41) is 0. The highest BCUT2D eigenvalue weighted by molar-refractivity contribution is 8.02. The first-order valence-electron chi connectivity index (χ1n) is 10.7. The summed E-state index contributed by atoms with van der Waals surface area (Å²) in [6.45, 7) is 5.37. The van der Waals surface area contributed by atoms with Gasteiger partial charge in [-0.25, -0.2) is 0 Å². The van der Waals surface area contributed by atoms with Crippen LogP contribution in [0.5, 0.6) is 0 Å². The van der Waals surface area contributed by atoms with Crippen LogP contribution in [0.1, 0.15) is 84.5 Å². The van der Waals surface area contributed by atoms with Crippen molar-refractivity contribution in [2.45, 2.75) is 94.0 Å². The Hall–Kier alpha value is 0.350. The van der Waals surface area contributed by atoms with Gasteiger partial charge < -0.3 is 0 Å². The topological polar surface area (TPSA) is 0 Å². The molecule has 8 aliphatic rings. The molecule has 23 heavy (non-hydrogen) atoms. The Morgan fingerprint density at radius 3 is 1.52 bits per heavy atom. The van der Waals surface area contributed by atoms with Crippen molar-refractivity contribution >= 4 is 11.8 Å². The van der Waals surface area contributed by atoms with Gasteiger partial charge in [-0.2, -0.15) is 0 Å². The summed E-state index contributed by atoms with van der Waals surface area (Å²) in [6.07, 6.45) is 17.5. The van der Waals surface area contributed by atoms with Crippen LogP contribution >= 0.6 is 11.8 Å². The first-order chi connectivity index (χ1) is 11.0. The van der Waals surface area contributed by atoms with Crippen LogP contribution in [0.4, 0.5) is 0 Å². The van der Waals surface area contributed by atoms with E-state index < -0.39 is 0 Å². The molecule has 8 aliphatic carbocycles. The molecule has 0 aliphatic heterocycles. The summed E-state index contributed by atoms with van der Waals surface area (Å²) >= 11 is 2.62. The van der Waals surface area contributed by atoms with Crippen LogP contribution in [-0.2, 0) is 0 Å². The fourth-order valence-electron chi connectivity index (χ4n) is 9.19. The lowest BCUT2D eigenvalue weighted by Gasteiger charge is -2.69. The first kappa shape index (κ1) is 14.5. The van der Waals surface area contributed by atoms with E-state index in [0.717, 1.165) is 40.3 Å². The van der Waals surface area contributed by atoms with Crippen LogP contribution < -0.4 is 0 Å². The second-order valence-electron chi connectivity index (χ2n) is 11.5. The molecular weight excluding hydrogens is 296 g/mol. The van der Waals surface area contributed by atoms with Gasteiger partial charge >= 0.3 is 0 Å². The van der Waals surface area contributed by atoms with E-state index in [1.54, 1.807) is 70.6 Å². The van der Waals surface area contributed by atoms with E-state index in [9.17, 15) is 0 Å². The van der Waals surface area contributed by atoms with E-state index in [4.69, 9.17) is 0 Å². The Morgan fingerprint density at radius 2 is 1.04 bits per heavy atom. The quantitative estimate of drug-likeness (QED) is 0.573. The van der Waals surface area contributed by atoms with E-state index in [-0.39, 0.29) is 0 Å². The maximum Gasteiger partial charge on any atom is 0.0224 e. The molecule has 0 radical (unpaired) electrons. The third-order valence-corrected chi connectivity index (χ3v) is 11.9. The maximum absolute atomic E-state index is 2.68. The fourth-order valence-corrected chi connectivity index (χ4v) is 12.0. The van der Waals surface area contributed by atoms with Crippen LogP contribution in [0.15, 0.2) is 0 Å². The van der Waals surface area contributed by atoms with Crippen molar-refractivity contribution in [2.24, 2.45) is 40.9 Å². The molecule has 0 N–H and O–H groups in total. The highest BCUT2D eigenvalue weighted by atomic mass is 32.2. The zero-order valence-electron chi connectivity index (χ0n) is 15.2. The predicted molar refractivity (Wildman–Crippen MR) is 98.6 cm³/mol. The largest absolute Gasteiger partial charge is 0.148 e. The van der Waals surface area contributed by atoms with Gasteiger partial charge in [0.1, 0.15) is 0 Å². The highest BCUT2D eigenvalue weighted by Gasteiger charge is 2.64. The van der Waals surface area contributed by atoms with Gasteiger partial charge in [0.05, 0.1) is 0 Å². The third kappa shape index (κ3) is 1.87. The molecule has 1 heteroatoms. The van der Waals surface area contributed by atoms with Gasteiger partial charge in [-0.3, -0.25) is 0 Å². The summed E-state index contributed by atoms with van der Waals surface area (Å²) < 4.78 is 1.38. The second kappa shape index (κ2) is 4.36. The Bertz CT molecular complexity index is 483. The van der Waals surface area contributed by atoms with Gasteiger partial charge in [0, 0.05) is 9.49 Å². The lowest BCUT2D eigenvalue weighted by atomic mass is 9.46. The van der Waals surface area contributed by atoms with Crippen molar-refractivity contribution in [2.75, 3.05) is 0 Å². The summed E-state index contributed by atoms with van der Waals surface area (Å²) in [5.74, 6) is 6.60. The molecule has 8 bridgehead atoms. The lowest BCUT2D eigenvalue weighted by Crippen LogP contribution is -2.62. The average Bonchev–Trinajstić information content (AvgIpc) is 2.42. The van der Waals surface area contributed by atoms with Gasteiger partial charge in [-0.05, 0) is 112 Å². The molecule has 128 valence electrons. The molecule has 2 atom stereocenters. The minimum absolute atomic E-state index is 0.606. The van der Waals surface area contributed by atoms with Crippen LogP contribution in [0.25, 0.3) is 0 Å². The Morgan fingerprint density at radius 1 is 0.609 bits per heavy atom. The smallest absolute Gasteiger partial charge is 0.0224 e. The van der Waals surface area contributed by atoms with E-state index in [1.807, 2.05) is 0 Å². The second-order valence-corrected chi connectivity index (χ2v) is 13.3. The van der Waals surface area contributed by atoms with Crippen molar-refractivity contribution in [3.05, 3.63) is 0 Å². The van der Waals surface area contributed by atoms with Crippen LogP contribution in [-0.4, -0.2) is 9.49 Å². The van der Waals surface area contributed by atoms with Crippen molar-refractivity contribution < 1.29 is 0 Å². The van der Waals surface area contributed by atoms with Gasteiger partial charge in [0.25, 0.3) is 0 Å². The predicted octanol–water partition coefficient (Wildman–Crippen LogP) is 6.29. The SMILES string of the molecule is CC1(C)C2CC3CC(C2)CC1(SC12CC4CC(CC(C4)C1)C2)C3. The number of rotatable bonds is 2. The van der Waals surface area contributed by atoms with E-state index in [0.29, 0.717) is 10.2 Å². The highest BCUT2D eigenvalue weighted by Crippen LogP contribution is 2.73. The summed E-state index contributed by atoms with van der Waals surface area (Å²) in [7, 11) is 0. The maximum atomic E-state index is 2.68. The number of hydrogen-bond donors (Lipinski definition) is 0. The summed E-state index contributed by atoms with van der Waals surface area (Å²) in [5.41, 5.74) is 0.606. The molecule has 8 saturated carbocycles. The van der Waals surface area contributed by atoms with Crippen LogP contribution in [0.3, 0.4) is 0 Å². The molecule has 0 saturated heterocycles. The molecule has 8 fully saturated rings. The zero-order valence-corrected chi connectivity index (χ0v) is 16.0. The Balaban J connectivity index is 1.37. The van der Waals surface area contributed by atoms with E-state index >= 15 is 0 Å². The molecule has 0 aromatic heterocycles. The normalized spacial score (nSPS) is 61.3. The molecule has 8 rings (SSSR count). The van der Waals surface area contributed by atoms with Crippen molar-refractivity contribution in [1.82, 2.24) is 0 Å². The number of thioether (sulfide) groups is 1. The first-order valence-corrected chi connectivity index (χ1v) is 11.5. The van der Waals surface area contributed by atoms with Crippen LogP contribution in [0.2, 0.25) is 0 Å². The summed E-state index contributed by atoms with van der Waals surface area (Å²) in [6, 6.07) is 0. The van der Waals surface area contributed by atoms with Gasteiger partial charge in [-0.15, -0.1) is 11.8 Å². The van der Waals surface area contributed by atoms with Crippen molar-refractivity contribution in [3.63, 3.8) is 0 Å². The van der Waals surface area contributed by atoms with Crippen LogP contribution in [0, 0.1) is 40.9 Å². The van der Waals surface area contributed by atoms with E-state index in [2.05, 4.69) is 25.6 Å². The standard InChI is InChI=1S/C22H34S/c1-20(2)19-7-17-6-18(8-19)13-22(20,12-17)23-21-9-14-3-15(10-21)5-16(4-14)11-21/h14-19H,3-13H2,1-2H3. The van der Waals surface area contributed by atoms with Crippen molar-refractivity contribution in [3.8, 4) is 0 Å². The lowest BCUT2D eigenvalue weighted by molar-refractivity contribution is -0.0688. The molecule has 2 unspecified atom stereocenters. The molecule has 0 nitrogen and oxygen atoms in total. The molecule has 0 aromatic carbocycles. The van der Waals surface area contributed by atoms with Gasteiger partial charge in [-0.1, -0.05) is 13.8 Å². The Kier molecular flexibility index (Phi) is 2.75. The minimum Gasteiger partial charge on any atom is -0.148 e. The van der Waals surface area contributed by atoms with Gasteiger partial charge in [0.2, 0.25) is 0 Å². The number of hydrogen-bond acceptors (Lipinski definition) is 1. The fraction of sp³-hybridized carbons (Fsp3) is 1.00. The third-order valence-electron chi connectivity index (χ3n) is 9.73. The molecular formula is C22H34S. The molecule has 0 aromatic rings. The summed E-state index contributed by atoms with van der Waals surface area (Å²) in [4.78, 5) is 0. The monoisotopic (exact) mass is 330 g/mol. The van der Waals surface area contributed by atoms with Gasteiger partial charge in [0.15, 0.2) is 0 Å². The molecule has 0 spiro atoms. The Labute approximate surface area is 146 Å². The molecule has 0 heterocycles. The van der Waals surface area contributed by atoms with Crippen molar-refractivity contribution in [1.29, 1.82) is 0 Å². The minimum atomic E-state index is 0.606.